The summed E-state index contributed by atoms with van der Waals surface area (Å²) in [6, 6.07) is 0. The Morgan fingerprint density at radius 1 is 1.08 bits per heavy atom. The van der Waals surface area contributed by atoms with Crippen molar-refractivity contribution in [2.75, 3.05) is 6.61 Å². The Balaban J connectivity index is 3.64. The van der Waals surface area contributed by atoms with Gasteiger partial charge in [0.25, 0.3) is 0 Å². The molecule has 0 aromatic carbocycles. The third-order valence-electron chi connectivity index (χ3n) is 1.07. The Bertz CT molecular complexity index is 148. The van der Waals surface area contributed by atoms with Crippen molar-refractivity contribution in [2.45, 2.75) is 52.7 Å². The fourth-order valence-electron chi connectivity index (χ4n) is 0.598. The molecule has 0 spiro atoms. The van der Waals surface area contributed by atoms with Gasteiger partial charge in [-0.2, -0.15) is 0 Å². The summed E-state index contributed by atoms with van der Waals surface area (Å²) in [4.78, 5) is 4.31. The topological polar surface area (TPSA) is 21.6 Å². The van der Waals surface area contributed by atoms with Crippen molar-refractivity contribution >= 4 is 6.21 Å². The molecule has 0 amide bonds. The maximum absolute atomic E-state index is 5.48. The predicted octanol–water partition coefficient (Wildman–Crippen LogP) is 2.67. The van der Waals surface area contributed by atoms with Crippen molar-refractivity contribution in [1.29, 1.82) is 0 Å². The van der Waals surface area contributed by atoms with E-state index >= 15 is 0 Å². The second kappa shape index (κ2) is 4.04. The molecule has 0 unspecified atom stereocenters. The van der Waals surface area contributed by atoms with Crippen LogP contribution in [0.4, 0.5) is 0 Å². The maximum Gasteiger partial charge on any atom is 0.0821 e. The van der Waals surface area contributed by atoms with E-state index in [1.807, 2.05) is 27.0 Å². The monoisotopic (exact) mass is 171 g/mol. The van der Waals surface area contributed by atoms with Gasteiger partial charge in [0.15, 0.2) is 0 Å². The molecule has 12 heavy (non-hydrogen) atoms. The van der Waals surface area contributed by atoms with Gasteiger partial charge in [0.1, 0.15) is 0 Å². The van der Waals surface area contributed by atoms with Gasteiger partial charge in [-0.05, 0) is 41.5 Å². The highest BCUT2D eigenvalue weighted by atomic mass is 16.5. The molecule has 0 radical (unpaired) electrons. The molecular formula is C10H21NO. The van der Waals surface area contributed by atoms with Crippen LogP contribution in [0.1, 0.15) is 41.5 Å². The predicted molar refractivity (Wildman–Crippen MR) is 54.0 cm³/mol. The van der Waals surface area contributed by atoms with Crippen LogP contribution in [0, 0.1) is 0 Å². The SMILES string of the molecule is CC(C)(C)N=CCOC(C)(C)C. The van der Waals surface area contributed by atoms with Crippen LogP contribution in [0.3, 0.4) is 0 Å². The molecule has 2 nitrogen and oxygen atoms in total. The molecule has 0 aromatic heterocycles. The van der Waals surface area contributed by atoms with E-state index in [-0.39, 0.29) is 11.1 Å². The zero-order valence-electron chi connectivity index (χ0n) is 9.14. The minimum atomic E-state index is -0.0656. The average molecular weight is 171 g/mol. The van der Waals surface area contributed by atoms with Gasteiger partial charge < -0.3 is 4.74 Å². The van der Waals surface area contributed by atoms with Crippen LogP contribution >= 0.6 is 0 Å². The van der Waals surface area contributed by atoms with E-state index in [9.17, 15) is 0 Å². The minimum absolute atomic E-state index is 0.0151. The highest BCUT2D eigenvalue weighted by Gasteiger charge is 2.09. The van der Waals surface area contributed by atoms with E-state index in [2.05, 4.69) is 25.8 Å². The molecule has 0 fully saturated rings. The van der Waals surface area contributed by atoms with Gasteiger partial charge in [-0.3, -0.25) is 4.99 Å². The Kier molecular flexibility index (Phi) is 3.91. The van der Waals surface area contributed by atoms with Gasteiger partial charge in [0, 0.05) is 6.21 Å². The van der Waals surface area contributed by atoms with E-state index in [1.54, 1.807) is 0 Å². The third kappa shape index (κ3) is 9.63. The van der Waals surface area contributed by atoms with Crippen LogP contribution in [0.2, 0.25) is 0 Å². The molecule has 0 heterocycles. The number of nitrogens with zero attached hydrogens (tertiary/aromatic N) is 1. The van der Waals surface area contributed by atoms with E-state index in [0.717, 1.165) is 0 Å². The molecular weight excluding hydrogens is 150 g/mol. The number of rotatable bonds is 2. The summed E-state index contributed by atoms with van der Waals surface area (Å²) in [6.07, 6.45) is 1.84. The second-order valence-corrected chi connectivity index (χ2v) is 4.91. The van der Waals surface area contributed by atoms with Crippen LogP contribution in [0.5, 0.6) is 0 Å². The van der Waals surface area contributed by atoms with Gasteiger partial charge in [-0.15, -0.1) is 0 Å². The van der Waals surface area contributed by atoms with E-state index in [4.69, 9.17) is 4.74 Å². The fourth-order valence-corrected chi connectivity index (χ4v) is 0.598. The Morgan fingerprint density at radius 2 is 1.58 bits per heavy atom. The first-order chi connectivity index (χ1) is 5.21. The molecule has 0 aliphatic heterocycles. The average Bonchev–Trinajstić information content (AvgIpc) is 1.76. The van der Waals surface area contributed by atoms with Crippen LogP contribution in [-0.4, -0.2) is 24.0 Å². The number of hydrogen-bond donors (Lipinski definition) is 0. The minimum Gasteiger partial charge on any atom is -0.370 e. The Labute approximate surface area is 76.0 Å². The number of aliphatic imine (C=N–C) groups is 1. The normalized spacial score (nSPS) is 14.2. The van der Waals surface area contributed by atoms with E-state index in [1.165, 1.54) is 0 Å². The standard InChI is InChI=1S/C10H21NO/c1-9(2,3)11-7-8-12-10(4,5)6/h7H,8H2,1-6H3. The van der Waals surface area contributed by atoms with Crippen molar-refractivity contribution in [3.63, 3.8) is 0 Å². The molecule has 0 rings (SSSR count). The summed E-state index contributed by atoms with van der Waals surface area (Å²) in [5, 5.41) is 0. The van der Waals surface area contributed by atoms with Gasteiger partial charge in [0.2, 0.25) is 0 Å². The molecule has 0 atom stereocenters. The molecule has 0 aromatic rings. The van der Waals surface area contributed by atoms with Crippen molar-refractivity contribution in [3.8, 4) is 0 Å². The lowest BCUT2D eigenvalue weighted by Gasteiger charge is -2.18. The highest BCUT2D eigenvalue weighted by Crippen LogP contribution is 2.07. The zero-order valence-corrected chi connectivity index (χ0v) is 9.14. The summed E-state index contributed by atoms with van der Waals surface area (Å²) in [5.74, 6) is 0. The Morgan fingerprint density at radius 3 is 1.92 bits per heavy atom. The second-order valence-electron chi connectivity index (χ2n) is 4.91. The van der Waals surface area contributed by atoms with Crippen LogP contribution in [-0.2, 0) is 4.74 Å². The summed E-state index contributed by atoms with van der Waals surface area (Å²) in [7, 11) is 0. The highest BCUT2D eigenvalue weighted by molar-refractivity contribution is 5.59. The summed E-state index contributed by atoms with van der Waals surface area (Å²) in [5.41, 5.74) is -0.0504. The largest absolute Gasteiger partial charge is 0.370 e. The quantitative estimate of drug-likeness (QED) is 0.585. The lowest BCUT2D eigenvalue weighted by atomic mass is 10.1. The van der Waals surface area contributed by atoms with Crippen molar-refractivity contribution in [1.82, 2.24) is 0 Å². The lowest BCUT2D eigenvalue weighted by Crippen LogP contribution is -2.21. The van der Waals surface area contributed by atoms with Crippen molar-refractivity contribution < 1.29 is 4.74 Å². The first-order valence-electron chi connectivity index (χ1n) is 4.38. The van der Waals surface area contributed by atoms with Gasteiger partial charge in [-0.25, -0.2) is 0 Å². The van der Waals surface area contributed by atoms with Gasteiger partial charge in [0.05, 0.1) is 17.7 Å². The third-order valence-corrected chi connectivity index (χ3v) is 1.07. The summed E-state index contributed by atoms with van der Waals surface area (Å²) < 4.78 is 5.48. The van der Waals surface area contributed by atoms with E-state index < -0.39 is 0 Å². The molecule has 0 N–H and O–H groups in total. The Hall–Kier alpha value is -0.370. The molecule has 2 heteroatoms. The molecule has 72 valence electrons. The molecule has 0 aliphatic rings. The fraction of sp³-hybridized carbons (Fsp3) is 0.900. The van der Waals surface area contributed by atoms with Crippen molar-refractivity contribution in [2.24, 2.45) is 4.99 Å². The zero-order chi connectivity index (χ0) is 9.83. The lowest BCUT2D eigenvalue weighted by molar-refractivity contribution is 0.0227. The van der Waals surface area contributed by atoms with Crippen LogP contribution in [0.15, 0.2) is 4.99 Å². The number of ether oxygens (including phenoxy) is 1. The smallest absolute Gasteiger partial charge is 0.0821 e. The van der Waals surface area contributed by atoms with Crippen LogP contribution < -0.4 is 0 Å². The van der Waals surface area contributed by atoms with E-state index in [0.29, 0.717) is 6.61 Å². The van der Waals surface area contributed by atoms with Gasteiger partial charge in [-0.1, -0.05) is 0 Å². The maximum atomic E-state index is 5.48. The summed E-state index contributed by atoms with van der Waals surface area (Å²) >= 11 is 0. The van der Waals surface area contributed by atoms with Crippen LogP contribution in [0.25, 0.3) is 0 Å². The molecule has 0 saturated heterocycles. The first kappa shape index (κ1) is 11.6. The van der Waals surface area contributed by atoms with Gasteiger partial charge >= 0.3 is 0 Å². The summed E-state index contributed by atoms with van der Waals surface area (Å²) in [6.45, 7) is 12.9. The van der Waals surface area contributed by atoms with Crippen molar-refractivity contribution in [3.05, 3.63) is 0 Å². The molecule has 0 aliphatic carbocycles. The molecule has 0 bridgehead atoms. The number of hydrogen-bond acceptors (Lipinski definition) is 2. The molecule has 0 saturated carbocycles. The first-order valence-corrected chi connectivity index (χ1v) is 4.38.